The standard InChI is InChI=1S/C19H16BrFN2O2/c1-12-6-7-13(10-15(12)20)23-18(24)8-9-19-22-11-17(25-19)14-4-2-3-5-16(14)21/h2-7,10-11H,8-9H2,1H3,(H,23,24). The Morgan fingerprint density at radius 3 is 2.84 bits per heavy atom. The maximum atomic E-state index is 13.7. The topological polar surface area (TPSA) is 55.1 Å². The van der Waals surface area contributed by atoms with E-state index >= 15 is 0 Å². The molecular weight excluding hydrogens is 387 g/mol. The second-order valence-electron chi connectivity index (χ2n) is 5.61. The van der Waals surface area contributed by atoms with Gasteiger partial charge in [0.1, 0.15) is 5.82 Å². The van der Waals surface area contributed by atoms with Crippen LogP contribution >= 0.6 is 15.9 Å². The Balaban J connectivity index is 1.59. The third-order valence-electron chi connectivity index (χ3n) is 3.71. The number of aromatic nitrogens is 1. The van der Waals surface area contributed by atoms with Crippen LogP contribution in [0.2, 0.25) is 0 Å². The molecule has 0 atom stereocenters. The van der Waals surface area contributed by atoms with E-state index in [2.05, 4.69) is 26.2 Å². The molecule has 6 heteroatoms. The molecule has 2 aromatic carbocycles. The van der Waals surface area contributed by atoms with Gasteiger partial charge in [0, 0.05) is 23.0 Å². The van der Waals surface area contributed by atoms with Gasteiger partial charge >= 0.3 is 0 Å². The van der Waals surface area contributed by atoms with E-state index in [1.54, 1.807) is 18.2 Å². The smallest absolute Gasteiger partial charge is 0.224 e. The van der Waals surface area contributed by atoms with Crippen LogP contribution in [0.1, 0.15) is 17.9 Å². The molecule has 0 saturated heterocycles. The molecule has 0 saturated carbocycles. The van der Waals surface area contributed by atoms with Crippen molar-refractivity contribution in [3.8, 4) is 11.3 Å². The zero-order chi connectivity index (χ0) is 17.8. The van der Waals surface area contributed by atoms with Crippen molar-refractivity contribution in [3.63, 3.8) is 0 Å². The summed E-state index contributed by atoms with van der Waals surface area (Å²) in [5.41, 5.74) is 2.18. The molecule has 0 radical (unpaired) electrons. The number of amides is 1. The second kappa shape index (κ2) is 7.61. The van der Waals surface area contributed by atoms with Gasteiger partial charge in [0.25, 0.3) is 0 Å². The lowest BCUT2D eigenvalue weighted by Crippen LogP contribution is -2.12. The fourth-order valence-corrected chi connectivity index (χ4v) is 2.70. The highest BCUT2D eigenvalue weighted by molar-refractivity contribution is 9.10. The first-order chi connectivity index (χ1) is 12.0. The number of anilines is 1. The lowest BCUT2D eigenvalue weighted by Gasteiger charge is -2.06. The molecule has 3 rings (SSSR count). The summed E-state index contributed by atoms with van der Waals surface area (Å²) < 4.78 is 20.2. The van der Waals surface area contributed by atoms with Gasteiger partial charge in [-0.1, -0.05) is 34.1 Å². The third kappa shape index (κ3) is 4.33. The third-order valence-corrected chi connectivity index (χ3v) is 4.57. The zero-order valence-electron chi connectivity index (χ0n) is 13.6. The highest BCUT2D eigenvalue weighted by atomic mass is 79.9. The van der Waals surface area contributed by atoms with Crippen molar-refractivity contribution in [1.82, 2.24) is 4.98 Å². The summed E-state index contributed by atoms with van der Waals surface area (Å²) in [6, 6.07) is 12.0. The van der Waals surface area contributed by atoms with E-state index in [1.165, 1.54) is 12.3 Å². The largest absolute Gasteiger partial charge is 0.441 e. The molecule has 4 nitrogen and oxygen atoms in total. The number of hydrogen-bond acceptors (Lipinski definition) is 3. The van der Waals surface area contributed by atoms with E-state index in [9.17, 15) is 9.18 Å². The highest BCUT2D eigenvalue weighted by Gasteiger charge is 2.12. The van der Waals surface area contributed by atoms with E-state index in [-0.39, 0.29) is 18.1 Å². The predicted molar refractivity (Wildman–Crippen MR) is 97.7 cm³/mol. The molecule has 0 aliphatic carbocycles. The van der Waals surface area contributed by atoms with Gasteiger partial charge in [-0.05, 0) is 36.8 Å². The van der Waals surface area contributed by atoms with E-state index in [1.807, 2.05) is 25.1 Å². The minimum absolute atomic E-state index is 0.138. The second-order valence-corrected chi connectivity index (χ2v) is 6.46. The van der Waals surface area contributed by atoms with Crippen LogP contribution in [-0.4, -0.2) is 10.9 Å². The Kier molecular flexibility index (Phi) is 5.28. The fraction of sp³-hybridized carbons (Fsp3) is 0.158. The number of oxazole rings is 1. The normalized spacial score (nSPS) is 10.7. The number of rotatable bonds is 5. The maximum Gasteiger partial charge on any atom is 0.224 e. The summed E-state index contributed by atoms with van der Waals surface area (Å²) in [5.74, 6) is 0.253. The molecule has 1 amide bonds. The summed E-state index contributed by atoms with van der Waals surface area (Å²) in [6.45, 7) is 1.98. The molecular formula is C19H16BrFN2O2. The monoisotopic (exact) mass is 402 g/mol. The minimum atomic E-state index is -0.368. The van der Waals surface area contributed by atoms with Crippen LogP contribution < -0.4 is 5.32 Å². The molecule has 1 heterocycles. The van der Waals surface area contributed by atoms with E-state index in [0.29, 0.717) is 23.6 Å². The molecule has 0 spiro atoms. The number of halogens is 2. The van der Waals surface area contributed by atoms with Crippen molar-refractivity contribution in [1.29, 1.82) is 0 Å². The molecule has 128 valence electrons. The molecule has 0 fully saturated rings. The number of aryl methyl sites for hydroxylation is 2. The van der Waals surface area contributed by atoms with Gasteiger partial charge in [0.05, 0.1) is 11.8 Å². The van der Waals surface area contributed by atoms with Gasteiger partial charge in [-0.2, -0.15) is 0 Å². The van der Waals surface area contributed by atoms with Crippen LogP contribution in [0.25, 0.3) is 11.3 Å². The van der Waals surface area contributed by atoms with Crippen LogP contribution in [0, 0.1) is 12.7 Å². The van der Waals surface area contributed by atoms with Gasteiger partial charge in [0.15, 0.2) is 11.7 Å². The number of hydrogen-bond donors (Lipinski definition) is 1. The van der Waals surface area contributed by atoms with Gasteiger partial charge in [-0.25, -0.2) is 9.37 Å². The number of carbonyl (C=O) groups is 1. The van der Waals surface area contributed by atoms with E-state index in [0.717, 1.165) is 15.7 Å². The van der Waals surface area contributed by atoms with Crippen LogP contribution in [0.4, 0.5) is 10.1 Å². The first kappa shape index (κ1) is 17.4. The van der Waals surface area contributed by atoms with Gasteiger partial charge in [-0.3, -0.25) is 4.79 Å². The van der Waals surface area contributed by atoms with Crippen LogP contribution in [-0.2, 0) is 11.2 Å². The Bertz CT molecular complexity index is 908. The number of carbonyl (C=O) groups excluding carboxylic acids is 1. The molecule has 0 aliphatic rings. The SMILES string of the molecule is Cc1ccc(NC(=O)CCc2ncc(-c3ccccc3F)o2)cc1Br. The predicted octanol–water partition coefficient (Wildman–Crippen LogP) is 5.12. The summed E-state index contributed by atoms with van der Waals surface area (Å²) in [4.78, 5) is 16.2. The van der Waals surface area contributed by atoms with Crippen molar-refractivity contribution in [2.45, 2.75) is 19.8 Å². The summed E-state index contributed by atoms with van der Waals surface area (Å²) >= 11 is 3.44. The first-order valence-electron chi connectivity index (χ1n) is 7.78. The van der Waals surface area contributed by atoms with Gasteiger partial charge < -0.3 is 9.73 Å². The molecule has 25 heavy (non-hydrogen) atoms. The number of nitrogens with zero attached hydrogens (tertiary/aromatic N) is 1. The average molecular weight is 403 g/mol. The quantitative estimate of drug-likeness (QED) is 0.643. The van der Waals surface area contributed by atoms with Crippen molar-refractivity contribution in [2.75, 3.05) is 5.32 Å². The van der Waals surface area contributed by atoms with Crippen molar-refractivity contribution in [3.05, 3.63) is 70.4 Å². The Labute approximate surface area is 153 Å². The Morgan fingerprint density at radius 1 is 1.28 bits per heavy atom. The summed E-state index contributed by atoms with van der Waals surface area (Å²) in [6.07, 6.45) is 2.04. The van der Waals surface area contributed by atoms with Gasteiger partial charge in [-0.15, -0.1) is 0 Å². The minimum Gasteiger partial charge on any atom is -0.441 e. The average Bonchev–Trinajstić information content (AvgIpc) is 3.05. The maximum absolute atomic E-state index is 13.7. The first-order valence-corrected chi connectivity index (χ1v) is 8.58. The zero-order valence-corrected chi connectivity index (χ0v) is 15.1. The molecule has 0 aliphatic heterocycles. The Morgan fingerprint density at radius 2 is 2.08 bits per heavy atom. The van der Waals surface area contributed by atoms with E-state index < -0.39 is 0 Å². The van der Waals surface area contributed by atoms with Crippen molar-refractivity contribution in [2.24, 2.45) is 0 Å². The number of nitrogens with one attached hydrogen (secondary N) is 1. The van der Waals surface area contributed by atoms with E-state index in [4.69, 9.17) is 4.42 Å². The van der Waals surface area contributed by atoms with Crippen LogP contribution in [0.15, 0.2) is 57.6 Å². The number of benzene rings is 2. The van der Waals surface area contributed by atoms with Crippen molar-refractivity contribution >= 4 is 27.5 Å². The molecule has 1 aromatic heterocycles. The molecule has 0 unspecified atom stereocenters. The summed E-state index contributed by atoms with van der Waals surface area (Å²) in [5, 5.41) is 2.83. The highest BCUT2D eigenvalue weighted by Crippen LogP contribution is 2.24. The Hall–Kier alpha value is -2.47. The molecule has 3 aromatic rings. The van der Waals surface area contributed by atoms with Crippen molar-refractivity contribution < 1.29 is 13.6 Å². The van der Waals surface area contributed by atoms with Crippen LogP contribution in [0.5, 0.6) is 0 Å². The van der Waals surface area contributed by atoms with Gasteiger partial charge in [0.2, 0.25) is 5.91 Å². The fourth-order valence-electron chi connectivity index (χ4n) is 2.33. The lowest BCUT2D eigenvalue weighted by molar-refractivity contribution is -0.116. The molecule has 1 N–H and O–H groups in total. The lowest BCUT2D eigenvalue weighted by atomic mass is 10.2. The molecule has 0 bridgehead atoms. The van der Waals surface area contributed by atoms with Crippen LogP contribution in [0.3, 0.4) is 0 Å². The summed E-state index contributed by atoms with van der Waals surface area (Å²) in [7, 11) is 0.